The highest BCUT2D eigenvalue weighted by atomic mass is 16.4. The molecule has 1 aliphatic heterocycles. The summed E-state index contributed by atoms with van der Waals surface area (Å²) in [4.78, 5) is 19.1. The first-order chi connectivity index (χ1) is 17.7. The number of aliphatic carboxylic acids is 1. The van der Waals surface area contributed by atoms with E-state index in [2.05, 4.69) is 58.3 Å². The third-order valence-corrected chi connectivity index (χ3v) is 7.69. The van der Waals surface area contributed by atoms with Crippen LogP contribution in [0.1, 0.15) is 90.5 Å². The van der Waals surface area contributed by atoms with E-state index >= 15 is 0 Å². The second-order valence-corrected chi connectivity index (χ2v) is 10.5. The minimum atomic E-state index is -1.07. The van der Waals surface area contributed by atoms with Gasteiger partial charge in [0.25, 0.3) is 0 Å². The van der Waals surface area contributed by atoms with E-state index in [1.165, 1.54) is 11.1 Å². The lowest BCUT2D eigenvalue weighted by molar-refractivity contribution is -0.306. The van der Waals surface area contributed by atoms with Gasteiger partial charge < -0.3 is 16.1 Å². The van der Waals surface area contributed by atoms with E-state index < -0.39 is 5.97 Å². The molecule has 2 aromatic heterocycles. The van der Waals surface area contributed by atoms with Crippen molar-refractivity contribution in [2.75, 3.05) is 6.54 Å². The van der Waals surface area contributed by atoms with Crippen LogP contribution in [0.5, 0.6) is 0 Å². The van der Waals surface area contributed by atoms with E-state index in [9.17, 15) is 9.90 Å². The van der Waals surface area contributed by atoms with Gasteiger partial charge in [-0.05, 0) is 73.5 Å². The molecule has 0 amide bonds. The molecule has 2 aromatic carbocycles. The van der Waals surface area contributed by atoms with Gasteiger partial charge >= 0.3 is 0 Å². The van der Waals surface area contributed by atoms with E-state index in [1.807, 2.05) is 32.2 Å². The summed E-state index contributed by atoms with van der Waals surface area (Å²) in [5, 5.41) is 27.9. The first-order valence-corrected chi connectivity index (χ1v) is 13.0. The number of aromatic nitrogens is 6. The molecule has 5 N–H and O–H groups in total. The van der Waals surface area contributed by atoms with Crippen LogP contribution in [0.25, 0.3) is 11.0 Å². The fourth-order valence-electron chi connectivity index (χ4n) is 5.52. The Bertz CT molecular complexity index is 1440. The number of fused-ring (bicyclic) bond motifs is 1. The van der Waals surface area contributed by atoms with Crippen molar-refractivity contribution in [3.8, 4) is 0 Å². The Kier molecular flexibility index (Phi) is 7.94. The van der Waals surface area contributed by atoms with Crippen LogP contribution in [-0.2, 0) is 18.4 Å². The van der Waals surface area contributed by atoms with Crippen LogP contribution in [0, 0.1) is 13.8 Å². The number of hydrogen-bond acceptors (Lipinski definition) is 7. The third-order valence-electron chi connectivity index (χ3n) is 7.69. The van der Waals surface area contributed by atoms with Crippen LogP contribution in [0.3, 0.4) is 0 Å². The standard InChI is InChI=1S/C28H35N7O2.H3N/c1-16(2)27-29-28(32-31-27)24-7-6-12-35(24)15-20-13-19(9-8-17(20)3)22(14-25(36)37)21-10-11-23-26(18(21)4)30-33-34(23)5;/h8-11,13,16,22,24H,6-7,12,14-15H2,1-5H3,(H,36,37)(H,29,31,32);1H3. The van der Waals surface area contributed by atoms with Gasteiger partial charge in [-0.2, -0.15) is 5.10 Å². The number of rotatable bonds is 8. The maximum Gasteiger partial charge on any atom is 0.153 e. The SMILES string of the molecule is Cc1ccc(C(CC(=O)[O-])c2ccc3c(nnn3C)c2C)cc1CN1CCCC1c1nc(C(C)C)n[nH]1.[NH4+]. The molecule has 0 aliphatic carbocycles. The number of carbonyl (C=O) groups excluding carboxylic acids is 1. The average Bonchev–Trinajstić information content (AvgIpc) is 3.60. The van der Waals surface area contributed by atoms with E-state index in [1.54, 1.807) is 4.68 Å². The molecule has 2 atom stereocenters. The fourth-order valence-corrected chi connectivity index (χ4v) is 5.52. The molecular formula is C28H38N8O2. The number of hydrogen-bond donors (Lipinski definition) is 2. The van der Waals surface area contributed by atoms with E-state index in [0.717, 1.165) is 65.3 Å². The largest absolute Gasteiger partial charge is 0.550 e. The first-order valence-electron chi connectivity index (χ1n) is 13.0. The normalized spacial score (nSPS) is 16.7. The first kappa shape index (κ1) is 27.4. The van der Waals surface area contributed by atoms with Gasteiger partial charge in [0.1, 0.15) is 11.3 Å². The molecule has 0 bridgehead atoms. The molecule has 2 unspecified atom stereocenters. The Balaban J connectivity index is 0.00000336. The van der Waals surface area contributed by atoms with Gasteiger partial charge in [-0.25, -0.2) is 9.67 Å². The molecule has 10 nitrogen and oxygen atoms in total. The van der Waals surface area contributed by atoms with Crippen molar-refractivity contribution < 1.29 is 9.90 Å². The number of carboxylic acids is 1. The molecule has 38 heavy (non-hydrogen) atoms. The number of carbonyl (C=O) groups is 1. The lowest BCUT2D eigenvalue weighted by Crippen LogP contribution is -2.26. The molecule has 5 rings (SSSR count). The van der Waals surface area contributed by atoms with Crippen LogP contribution in [0.15, 0.2) is 30.3 Å². The number of nitrogens with one attached hydrogen (secondary N) is 1. The zero-order valence-electron chi connectivity index (χ0n) is 23.2. The molecule has 0 spiro atoms. The predicted molar refractivity (Wildman–Crippen MR) is 145 cm³/mol. The number of carboxylic acid groups (broad SMARTS) is 1. The zero-order chi connectivity index (χ0) is 26.3. The minimum Gasteiger partial charge on any atom is -0.550 e. The van der Waals surface area contributed by atoms with Gasteiger partial charge in [0.05, 0.1) is 11.6 Å². The van der Waals surface area contributed by atoms with Crippen LogP contribution in [-0.4, -0.2) is 47.6 Å². The van der Waals surface area contributed by atoms with Crippen LogP contribution >= 0.6 is 0 Å². The summed E-state index contributed by atoms with van der Waals surface area (Å²) < 4.78 is 1.73. The van der Waals surface area contributed by atoms with Gasteiger partial charge in [-0.15, -0.1) is 5.10 Å². The number of aromatic amines is 1. The number of H-pyrrole nitrogens is 1. The summed E-state index contributed by atoms with van der Waals surface area (Å²) in [6.45, 7) is 10.0. The zero-order valence-corrected chi connectivity index (χ0v) is 23.2. The summed E-state index contributed by atoms with van der Waals surface area (Å²) in [5.74, 6) is 0.645. The van der Waals surface area contributed by atoms with Crippen LogP contribution < -0.4 is 11.3 Å². The quantitative estimate of drug-likeness (QED) is 0.360. The summed E-state index contributed by atoms with van der Waals surface area (Å²) >= 11 is 0. The molecule has 1 saturated heterocycles. The Morgan fingerprint density at radius 2 is 2.00 bits per heavy atom. The molecule has 1 fully saturated rings. The van der Waals surface area contributed by atoms with E-state index in [0.29, 0.717) is 0 Å². The van der Waals surface area contributed by atoms with Crippen molar-refractivity contribution in [1.29, 1.82) is 0 Å². The van der Waals surface area contributed by atoms with Gasteiger partial charge in [0.15, 0.2) is 5.82 Å². The second-order valence-electron chi connectivity index (χ2n) is 10.5. The Morgan fingerprint density at radius 3 is 2.71 bits per heavy atom. The molecule has 3 heterocycles. The monoisotopic (exact) mass is 518 g/mol. The summed E-state index contributed by atoms with van der Waals surface area (Å²) in [5.41, 5.74) is 6.94. The smallest absolute Gasteiger partial charge is 0.153 e. The summed E-state index contributed by atoms with van der Waals surface area (Å²) in [6, 6.07) is 10.5. The van der Waals surface area contributed by atoms with Crippen LogP contribution in [0.2, 0.25) is 0 Å². The van der Waals surface area contributed by atoms with Crippen molar-refractivity contribution in [2.24, 2.45) is 7.05 Å². The van der Waals surface area contributed by atoms with Crippen LogP contribution in [0.4, 0.5) is 0 Å². The lowest BCUT2D eigenvalue weighted by atomic mass is 9.84. The Labute approximate surface area is 223 Å². The molecule has 4 aromatic rings. The van der Waals surface area contributed by atoms with E-state index in [-0.39, 0.29) is 30.4 Å². The molecule has 202 valence electrons. The highest BCUT2D eigenvalue weighted by Crippen LogP contribution is 2.36. The van der Waals surface area contributed by atoms with Gasteiger partial charge in [-0.1, -0.05) is 43.3 Å². The third kappa shape index (κ3) is 5.19. The summed E-state index contributed by atoms with van der Waals surface area (Å²) in [6.07, 6.45) is 2.04. The molecule has 1 aliphatic rings. The Hall–Kier alpha value is -3.63. The Morgan fingerprint density at radius 1 is 1.21 bits per heavy atom. The lowest BCUT2D eigenvalue weighted by Gasteiger charge is -2.26. The molecule has 10 heteroatoms. The highest BCUT2D eigenvalue weighted by molar-refractivity contribution is 5.80. The van der Waals surface area contributed by atoms with Crippen molar-refractivity contribution in [3.05, 3.63) is 69.8 Å². The maximum atomic E-state index is 11.8. The number of benzene rings is 2. The molecule has 0 radical (unpaired) electrons. The number of likely N-dealkylation sites (tertiary alicyclic amines) is 1. The number of aryl methyl sites for hydroxylation is 3. The van der Waals surface area contributed by atoms with Gasteiger partial charge in [0.2, 0.25) is 0 Å². The predicted octanol–water partition coefficient (Wildman–Crippen LogP) is 3.81. The highest BCUT2D eigenvalue weighted by Gasteiger charge is 2.30. The topological polar surface area (TPSA) is 152 Å². The van der Waals surface area contributed by atoms with Crippen molar-refractivity contribution in [2.45, 2.75) is 71.4 Å². The van der Waals surface area contributed by atoms with Gasteiger partial charge in [-0.3, -0.25) is 10.00 Å². The molecular weight excluding hydrogens is 480 g/mol. The van der Waals surface area contributed by atoms with Crippen molar-refractivity contribution >= 4 is 17.0 Å². The number of quaternary nitrogens is 1. The van der Waals surface area contributed by atoms with Crippen molar-refractivity contribution in [3.63, 3.8) is 0 Å². The molecule has 0 saturated carbocycles. The fraction of sp³-hybridized carbons (Fsp3) is 0.464. The summed E-state index contributed by atoms with van der Waals surface area (Å²) in [7, 11) is 1.85. The van der Waals surface area contributed by atoms with Crippen molar-refractivity contribution in [1.82, 2.24) is 41.2 Å². The number of nitrogens with zero attached hydrogens (tertiary/aromatic N) is 6. The maximum absolute atomic E-state index is 11.8. The average molecular weight is 519 g/mol. The second kappa shape index (κ2) is 11.0. The van der Waals surface area contributed by atoms with Gasteiger partial charge in [0, 0.05) is 31.4 Å². The van der Waals surface area contributed by atoms with E-state index in [4.69, 9.17) is 4.98 Å². The minimum absolute atomic E-state index is 0.